The lowest BCUT2D eigenvalue weighted by Crippen LogP contribution is -2.57. The Morgan fingerprint density at radius 2 is 1.95 bits per heavy atom. The van der Waals surface area contributed by atoms with Gasteiger partial charge in [0.15, 0.2) is 0 Å². The molecule has 1 aromatic rings. The van der Waals surface area contributed by atoms with Crippen LogP contribution in [0.3, 0.4) is 0 Å². The molecular formula is C17H25FN2. The van der Waals surface area contributed by atoms with Gasteiger partial charge in [0.25, 0.3) is 0 Å². The molecule has 20 heavy (non-hydrogen) atoms. The van der Waals surface area contributed by atoms with Crippen molar-refractivity contribution in [3.05, 3.63) is 29.6 Å². The van der Waals surface area contributed by atoms with E-state index in [1.165, 1.54) is 19.3 Å². The lowest BCUT2D eigenvalue weighted by molar-refractivity contribution is 0.245. The Hall–Kier alpha value is -1.09. The van der Waals surface area contributed by atoms with E-state index < -0.39 is 0 Å². The SMILES string of the molecule is CCNC1CC2CCCC(C1)N2c1c(C)cccc1F. The van der Waals surface area contributed by atoms with Gasteiger partial charge in [0, 0.05) is 18.1 Å². The summed E-state index contributed by atoms with van der Waals surface area (Å²) in [6.07, 6.45) is 5.99. The van der Waals surface area contributed by atoms with E-state index >= 15 is 0 Å². The third kappa shape index (κ3) is 2.44. The molecule has 110 valence electrons. The first kappa shape index (κ1) is 13.9. The van der Waals surface area contributed by atoms with Crippen molar-refractivity contribution in [1.29, 1.82) is 0 Å². The summed E-state index contributed by atoms with van der Waals surface area (Å²) in [6, 6.07) is 7.07. The van der Waals surface area contributed by atoms with Crippen LogP contribution in [0.5, 0.6) is 0 Å². The third-order valence-corrected chi connectivity index (χ3v) is 4.91. The van der Waals surface area contributed by atoms with Crippen LogP contribution in [0.25, 0.3) is 0 Å². The van der Waals surface area contributed by atoms with Crippen molar-refractivity contribution in [1.82, 2.24) is 5.32 Å². The summed E-state index contributed by atoms with van der Waals surface area (Å²) < 4.78 is 14.3. The Labute approximate surface area is 121 Å². The molecule has 2 fully saturated rings. The van der Waals surface area contributed by atoms with Crippen LogP contribution in [-0.4, -0.2) is 24.7 Å². The molecular weight excluding hydrogens is 251 g/mol. The minimum Gasteiger partial charge on any atom is -0.363 e. The van der Waals surface area contributed by atoms with Crippen LogP contribution in [0.4, 0.5) is 10.1 Å². The largest absolute Gasteiger partial charge is 0.363 e. The summed E-state index contributed by atoms with van der Waals surface area (Å²) >= 11 is 0. The fourth-order valence-corrected chi connectivity index (χ4v) is 4.15. The van der Waals surface area contributed by atoms with Gasteiger partial charge >= 0.3 is 0 Å². The van der Waals surface area contributed by atoms with Crippen molar-refractivity contribution in [2.75, 3.05) is 11.4 Å². The van der Waals surface area contributed by atoms with Crippen molar-refractivity contribution in [3.63, 3.8) is 0 Å². The van der Waals surface area contributed by atoms with Crippen LogP contribution in [-0.2, 0) is 0 Å². The first-order valence-electron chi connectivity index (χ1n) is 7.97. The van der Waals surface area contributed by atoms with E-state index in [9.17, 15) is 4.39 Å². The third-order valence-electron chi connectivity index (χ3n) is 4.91. The van der Waals surface area contributed by atoms with E-state index in [0.717, 1.165) is 30.6 Å². The number of benzene rings is 1. The molecule has 2 heterocycles. The van der Waals surface area contributed by atoms with Crippen LogP contribution in [0.15, 0.2) is 18.2 Å². The predicted molar refractivity (Wildman–Crippen MR) is 81.7 cm³/mol. The monoisotopic (exact) mass is 276 g/mol. The molecule has 3 heteroatoms. The zero-order valence-electron chi connectivity index (χ0n) is 12.5. The number of rotatable bonds is 3. The smallest absolute Gasteiger partial charge is 0.146 e. The van der Waals surface area contributed by atoms with Gasteiger partial charge in [-0.2, -0.15) is 0 Å². The number of hydrogen-bond acceptors (Lipinski definition) is 2. The van der Waals surface area contributed by atoms with Gasteiger partial charge in [-0.1, -0.05) is 19.1 Å². The van der Waals surface area contributed by atoms with E-state index in [1.807, 2.05) is 19.1 Å². The molecule has 2 nitrogen and oxygen atoms in total. The number of nitrogens with one attached hydrogen (secondary N) is 1. The molecule has 0 radical (unpaired) electrons. The maximum absolute atomic E-state index is 14.3. The zero-order valence-corrected chi connectivity index (χ0v) is 12.5. The second-order valence-corrected chi connectivity index (χ2v) is 6.28. The lowest BCUT2D eigenvalue weighted by Gasteiger charge is -2.51. The van der Waals surface area contributed by atoms with Crippen molar-refractivity contribution >= 4 is 5.69 Å². The minimum absolute atomic E-state index is 0.0520. The summed E-state index contributed by atoms with van der Waals surface area (Å²) in [5.41, 5.74) is 1.93. The molecule has 0 aromatic heterocycles. The highest BCUT2D eigenvalue weighted by molar-refractivity contribution is 5.56. The molecule has 2 aliphatic rings. The Kier molecular flexibility index (Phi) is 3.97. The minimum atomic E-state index is -0.0520. The molecule has 0 amide bonds. The second kappa shape index (κ2) is 5.72. The van der Waals surface area contributed by atoms with Crippen LogP contribution in [0, 0.1) is 12.7 Å². The highest BCUT2D eigenvalue weighted by atomic mass is 19.1. The maximum atomic E-state index is 14.3. The van der Waals surface area contributed by atoms with Gasteiger partial charge in [-0.05, 0) is 57.2 Å². The van der Waals surface area contributed by atoms with E-state index in [2.05, 4.69) is 17.1 Å². The molecule has 0 saturated carbocycles. The number of para-hydroxylation sites is 1. The Bertz CT molecular complexity index is 440. The fraction of sp³-hybridized carbons (Fsp3) is 0.647. The molecule has 2 saturated heterocycles. The van der Waals surface area contributed by atoms with Crippen LogP contribution in [0.1, 0.15) is 44.6 Å². The number of nitrogens with zero attached hydrogens (tertiary/aromatic N) is 1. The van der Waals surface area contributed by atoms with Gasteiger partial charge in [0.2, 0.25) is 0 Å². The maximum Gasteiger partial charge on any atom is 0.146 e. The standard InChI is InChI=1S/C17H25FN2/c1-3-19-13-10-14-7-5-8-15(11-13)20(14)17-12(2)6-4-9-16(17)18/h4,6,9,13-15,19H,3,5,7-8,10-11H2,1-2H3. The highest BCUT2D eigenvalue weighted by Crippen LogP contribution is 2.40. The fourth-order valence-electron chi connectivity index (χ4n) is 4.15. The van der Waals surface area contributed by atoms with E-state index in [4.69, 9.17) is 0 Å². The Morgan fingerprint density at radius 1 is 1.25 bits per heavy atom. The van der Waals surface area contributed by atoms with Crippen molar-refractivity contribution < 1.29 is 4.39 Å². The average Bonchev–Trinajstić information content (AvgIpc) is 2.39. The lowest BCUT2D eigenvalue weighted by atomic mass is 9.81. The normalized spacial score (nSPS) is 29.6. The van der Waals surface area contributed by atoms with Crippen LogP contribution >= 0.6 is 0 Å². The van der Waals surface area contributed by atoms with Crippen molar-refractivity contribution in [2.45, 2.75) is 64.1 Å². The summed E-state index contributed by atoms with van der Waals surface area (Å²) in [4.78, 5) is 2.40. The molecule has 1 aromatic carbocycles. The molecule has 2 bridgehead atoms. The van der Waals surface area contributed by atoms with Gasteiger partial charge in [0.1, 0.15) is 5.82 Å². The van der Waals surface area contributed by atoms with Gasteiger partial charge in [0.05, 0.1) is 5.69 Å². The Morgan fingerprint density at radius 3 is 2.55 bits per heavy atom. The van der Waals surface area contributed by atoms with Crippen molar-refractivity contribution in [3.8, 4) is 0 Å². The number of halogens is 1. The summed E-state index contributed by atoms with van der Waals surface area (Å²) in [7, 11) is 0. The van der Waals surface area contributed by atoms with E-state index in [1.54, 1.807) is 6.07 Å². The molecule has 2 aliphatic heterocycles. The number of piperidine rings is 2. The van der Waals surface area contributed by atoms with Crippen LogP contribution < -0.4 is 10.2 Å². The molecule has 2 atom stereocenters. The molecule has 2 unspecified atom stereocenters. The summed E-state index contributed by atoms with van der Waals surface area (Å²) in [6.45, 7) is 5.23. The highest BCUT2D eigenvalue weighted by Gasteiger charge is 2.39. The average molecular weight is 276 g/mol. The zero-order chi connectivity index (χ0) is 14.1. The van der Waals surface area contributed by atoms with Gasteiger partial charge in [-0.15, -0.1) is 0 Å². The van der Waals surface area contributed by atoms with Crippen LogP contribution in [0.2, 0.25) is 0 Å². The number of aryl methyl sites for hydroxylation is 1. The number of hydrogen-bond donors (Lipinski definition) is 1. The second-order valence-electron chi connectivity index (χ2n) is 6.28. The topological polar surface area (TPSA) is 15.3 Å². The predicted octanol–water partition coefficient (Wildman–Crippen LogP) is 3.63. The summed E-state index contributed by atoms with van der Waals surface area (Å²) in [5, 5.41) is 3.59. The first-order valence-corrected chi connectivity index (χ1v) is 7.97. The number of fused-ring (bicyclic) bond motifs is 2. The molecule has 0 aliphatic carbocycles. The van der Waals surface area contributed by atoms with Gasteiger partial charge in [-0.3, -0.25) is 0 Å². The molecule has 3 rings (SSSR count). The van der Waals surface area contributed by atoms with E-state index in [0.29, 0.717) is 18.1 Å². The summed E-state index contributed by atoms with van der Waals surface area (Å²) in [5.74, 6) is -0.0520. The molecule has 0 spiro atoms. The first-order chi connectivity index (χ1) is 9.70. The quantitative estimate of drug-likeness (QED) is 0.907. The van der Waals surface area contributed by atoms with Crippen molar-refractivity contribution in [2.24, 2.45) is 0 Å². The molecule has 1 N–H and O–H groups in total. The number of anilines is 1. The van der Waals surface area contributed by atoms with Gasteiger partial charge in [-0.25, -0.2) is 4.39 Å². The van der Waals surface area contributed by atoms with E-state index in [-0.39, 0.29) is 5.82 Å². The van der Waals surface area contributed by atoms with Gasteiger partial charge < -0.3 is 10.2 Å². The Balaban J connectivity index is 1.90.